The van der Waals surface area contributed by atoms with E-state index in [-0.39, 0.29) is 4.90 Å². The standard InChI is InChI=1S/C19H20ClN3O4S/c20-16-5-7-17(8-6-16)22-10-12-23(13-11-22)28(26,27)18-3-1-2-15(14-18)4-9-19(24)21-25/h1-9,14,25H,10-13H2,(H,21,24)/b9-4+. The number of piperazine rings is 1. The molecule has 1 amide bonds. The molecular weight excluding hydrogens is 402 g/mol. The summed E-state index contributed by atoms with van der Waals surface area (Å²) < 4.78 is 27.4. The lowest BCUT2D eigenvalue weighted by Gasteiger charge is -2.35. The molecule has 3 rings (SSSR count). The zero-order chi connectivity index (χ0) is 20.1. The molecule has 1 fully saturated rings. The van der Waals surface area contributed by atoms with Crippen molar-refractivity contribution in [3.63, 3.8) is 0 Å². The van der Waals surface area contributed by atoms with E-state index >= 15 is 0 Å². The van der Waals surface area contributed by atoms with Crippen LogP contribution in [0.3, 0.4) is 0 Å². The highest BCUT2D eigenvalue weighted by Gasteiger charge is 2.28. The highest BCUT2D eigenvalue weighted by Crippen LogP contribution is 2.23. The maximum absolute atomic E-state index is 13.0. The van der Waals surface area contributed by atoms with E-state index in [4.69, 9.17) is 16.8 Å². The van der Waals surface area contributed by atoms with Gasteiger partial charge in [0.15, 0.2) is 0 Å². The number of hydrogen-bond donors (Lipinski definition) is 2. The van der Waals surface area contributed by atoms with E-state index in [1.165, 1.54) is 28.0 Å². The van der Waals surface area contributed by atoms with Crippen molar-refractivity contribution in [2.45, 2.75) is 4.90 Å². The van der Waals surface area contributed by atoms with Gasteiger partial charge in [-0.1, -0.05) is 23.7 Å². The van der Waals surface area contributed by atoms with Crippen molar-refractivity contribution in [3.05, 3.63) is 65.2 Å². The minimum absolute atomic E-state index is 0.166. The van der Waals surface area contributed by atoms with Crippen LogP contribution in [0.5, 0.6) is 0 Å². The van der Waals surface area contributed by atoms with Gasteiger partial charge >= 0.3 is 0 Å². The first kappa shape index (κ1) is 20.3. The average molecular weight is 422 g/mol. The van der Waals surface area contributed by atoms with Gasteiger partial charge in [0.1, 0.15) is 0 Å². The van der Waals surface area contributed by atoms with E-state index in [9.17, 15) is 13.2 Å². The molecule has 1 aliphatic heterocycles. The lowest BCUT2D eigenvalue weighted by Crippen LogP contribution is -2.48. The van der Waals surface area contributed by atoms with Gasteiger partial charge in [0.2, 0.25) is 10.0 Å². The number of carbonyl (C=O) groups is 1. The van der Waals surface area contributed by atoms with Crippen molar-refractivity contribution in [2.24, 2.45) is 0 Å². The van der Waals surface area contributed by atoms with Crippen LogP contribution in [0.1, 0.15) is 5.56 Å². The van der Waals surface area contributed by atoms with Crippen LogP contribution in [-0.2, 0) is 14.8 Å². The molecular formula is C19H20ClN3O4S. The molecule has 2 aromatic rings. The monoisotopic (exact) mass is 421 g/mol. The minimum atomic E-state index is -3.64. The second-order valence-corrected chi connectivity index (χ2v) is 8.62. The first-order valence-corrected chi connectivity index (χ1v) is 10.4. The van der Waals surface area contributed by atoms with Gasteiger partial charge in [-0.3, -0.25) is 10.0 Å². The molecule has 0 aromatic heterocycles. The van der Waals surface area contributed by atoms with Crippen LogP contribution in [0, 0.1) is 0 Å². The number of sulfonamides is 1. The fourth-order valence-corrected chi connectivity index (χ4v) is 4.58. The molecule has 148 valence electrons. The summed E-state index contributed by atoms with van der Waals surface area (Å²) in [5.41, 5.74) is 3.04. The van der Waals surface area contributed by atoms with Gasteiger partial charge in [-0.2, -0.15) is 4.31 Å². The van der Waals surface area contributed by atoms with Gasteiger partial charge in [0.25, 0.3) is 5.91 Å². The van der Waals surface area contributed by atoms with Crippen molar-refractivity contribution in [1.82, 2.24) is 9.79 Å². The third kappa shape index (κ3) is 4.71. The topological polar surface area (TPSA) is 90.0 Å². The van der Waals surface area contributed by atoms with E-state index in [0.29, 0.717) is 36.8 Å². The highest BCUT2D eigenvalue weighted by atomic mass is 35.5. The van der Waals surface area contributed by atoms with Crippen LogP contribution >= 0.6 is 11.6 Å². The van der Waals surface area contributed by atoms with Crippen LogP contribution in [0.4, 0.5) is 5.69 Å². The molecule has 0 saturated carbocycles. The second-order valence-electron chi connectivity index (χ2n) is 6.25. The fourth-order valence-electron chi connectivity index (χ4n) is 2.98. The summed E-state index contributed by atoms with van der Waals surface area (Å²) in [6.45, 7) is 1.91. The zero-order valence-electron chi connectivity index (χ0n) is 15.0. The predicted molar refractivity (Wildman–Crippen MR) is 108 cm³/mol. The van der Waals surface area contributed by atoms with Gasteiger partial charge in [-0.25, -0.2) is 13.9 Å². The summed E-state index contributed by atoms with van der Waals surface area (Å²) in [5.74, 6) is -0.688. The molecule has 0 radical (unpaired) electrons. The summed E-state index contributed by atoms with van der Waals surface area (Å²) in [5, 5.41) is 9.18. The second kappa shape index (κ2) is 8.74. The van der Waals surface area contributed by atoms with Gasteiger partial charge < -0.3 is 4.90 Å². The Hall–Kier alpha value is -2.39. The Morgan fingerprint density at radius 1 is 1.07 bits per heavy atom. The summed E-state index contributed by atoms with van der Waals surface area (Å²) in [7, 11) is -3.64. The number of hydroxylamine groups is 1. The normalized spacial score (nSPS) is 15.7. The van der Waals surface area contributed by atoms with Crippen molar-refractivity contribution in [2.75, 3.05) is 31.1 Å². The fraction of sp³-hybridized carbons (Fsp3) is 0.211. The Morgan fingerprint density at radius 2 is 1.75 bits per heavy atom. The number of anilines is 1. The molecule has 2 aromatic carbocycles. The largest absolute Gasteiger partial charge is 0.369 e. The van der Waals surface area contributed by atoms with Gasteiger partial charge in [-0.05, 0) is 48.0 Å². The molecule has 28 heavy (non-hydrogen) atoms. The third-order valence-electron chi connectivity index (χ3n) is 4.46. The molecule has 0 spiro atoms. The lowest BCUT2D eigenvalue weighted by atomic mass is 10.2. The molecule has 1 saturated heterocycles. The number of rotatable bonds is 5. The molecule has 7 nitrogen and oxygen atoms in total. The van der Waals surface area contributed by atoms with Gasteiger partial charge in [-0.15, -0.1) is 0 Å². The number of hydrogen-bond acceptors (Lipinski definition) is 5. The van der Waals surface area contributed by atoms with Crippen molar-refractivity contribution >= 4 is 39.3 Å². The molecule has 1 aliphatic rings. The van der Waals surface area contributed by atoms with E-state index in [0.717, 1.165) is 11.8 Å². The summed E-state index contributed by atoms with van der Waals surface area (Å²) in [6, 6.07) is 13.8. The lowest BCUT2D eigenvalue weighted by molar-refractivity contribution is -0.124. The maximum atomic E-state index is 13.0. The van der Waals surface area contributed by atoms with Crippen LogP contribution in [0.15, 0.2) is 59.5 Å². The Labute approximate surface area is 168 Å². The quantitative estimate of drug-likeness (QED) is 0.439. The number of amides is 1. The van der Waals surface area contributed by atoms with Crippen molar-refractivity contribution in [3.8, 4) is 0 Å². The molecule has 1 heterocycles. The van der Waals surface area contributed by atoms with E-state index in [2.05, 4.69) is 4.90 Å². The number of benzene rings is 2. The molecule has 0 unspecified atom stereocenters. The van der Waals surface area contributed by atoms with Gasteiger partial charge in [0.05, 0.1) is 4.90 Å². The Kier molecular flexibility index (Phi) is 6.35. The molecule has 2 N–H and O–H groups in total. The van der Waals surface area contributed by atoms with E-state index in [1.807, 2.05) is 24.3 Å². The average Bonchev–Trinajstić information content (AvgIpc) is 2.73. The van der Waals surface area contributed by atoms with Crippen LogP contribution in [0.25, 0.3) is 6.08 Å². The Balaban J connectivity index is 1.71. The molecule has 0 aliphatic carbocycles. The van der Waals surface area contributed by atoms with Gasteiger partial charge in [0, 0.05) is 43.0 Å². The first-order valence-electron chi connectivity index (χ1n) is 8.63. The van der Waals surface area contributed by atoms with Crippen LogP contribution < -0.4 is 10.4 Å². The third-order valence-corrected chi connectivity index (χ3v) is 6.61. The first-order chi connectivity index (χ1) is 13.4. The van der Waals surface area contributed by atoms with Crippen molar-refractivity contribution < 1.29 is 18.4 Å². The number of nitrogens with zero attached hydrogens (tertiary/aromatic N) is 2. The number of carbonyl (C=O) groups excluding carboxylic acids is 1. The number of nitrogens with one attached hydrogen (secondary N) is 1. The molecule has 0 bridgehead atoms. The zero-order valence-corrected chi connectivity index (χ0v) is 16.5. The summed E-state index contributed by atoms with van der Waals surface area (Å²) in [6.07, 6.45) is 2.56. The van der Waals surface area contributed by atoms with Crippen LogP contribution in [0.2, 0.25) is 5.02 Å². The SMILES string of the molecule is O=C(/C=C/c1cccc(S(=O)(=O)N2CCN(c3ccc(Cl)cc3)CC2)c1)NO. The van der Waals surface area contributed by atoms with Crippen LogP contribution in [-0.4, -0.2) is 50.0 Å². The molecule has 9 heteroatoms. The van der Waals surface area contributed by atoms with E-state index < -0.39 is 15.9 Å². The highest BCUT2D eigenvalue weighted by molar-refractivity contribution is 7.89. The Bertz CT molecular complexity index is 969. The summed E-state index contributed by atoms with van der Waals surface area (Å²) in [4.78, 5) is 13.4. The summed E-state index contributed by atoms with van der Waals surface area (Å²) >= 11 is 5.92. The smallest absolute Gasteiger partial charge is 0.267 e. The predicted octanol–water partition coefficient (Wildman–Crippen LogP) is 2.37. The molecule has 0 atom stereocenters. The maximum Gasteiger partial charge on any atom is 0.267 e. The Morgan fingerprint density at radius 3 is 2.39 bits per heavy atom. The van der Waals surface area contributed by atoms with E-state index in [1.54, 1.807) is 12.1 Å². The number of halogens is 1. The minimum Gasteiger partial charge on any atom is -0.369 e. The van der Waals surface area contributed by atoms with Crippen molar-refractivity contribution in [1.29, 1.82) is 0 Å².